The van der Waals surface area contributed by atoms with Crippen LogP contribution in [0.15, 0.2) is 85.2 Å². The number of piperazine rings is 1. The second-order valence-electron chi connectivity index (χ2n) is 8.12. The molecule has 2 amide bonds. The van der Waals surface area contributed by atoms with E-state index in [-0.39, 0.29) is 6.03 Å². The molecule has 1 fully saturated rings. The lowest BCUT2D eigenvalue weighted by Crippen LogP contribution is -2.50. The molecule has 0 radical (unpaired) electrons. The van der Waals surface area contributed by atoms with Gasteiger partial charge >= 0.3 is 6.03 Å². The van der Waals surface area contributed by atoms with E-state index >= 15 is 0 Å². The van der Waals surface area contributed by atoms with Crippen molar-refractivity contribution in [3.8, 4) is 22.9 Å². The van der Waals surface area contributed by atoms with Gasteiger partial charge in [-0.25, -0.2) is 9.78 Å². The Morgan fingerprint density at radius 3 is 2.06 bits per heavy atom. The van der Waals surface area contributed by atoms with E-state index in [0.29, 0.717) is 36.0 Å². The van der Waals surface area contributed by atoms with Gasteiger partial charge in [-0.1, -0.05) is 18.2 Å². The summed E-state index contributed by atoms with van der Waals surface area (Å²) in [5, 5.41) is 4.39. The standard InChI is InChI=1S/C26H24N6O3/c27-24(33)19-6-10-22(11-7-19)35-23-12-8-20(9-13-23)25-28-18-32(29-25)26(34)31-16-14-30(15-17-31)21-4-2-1-3-5-21/h1-13,18H,14-17H2,(H2,27,33). The molecule has 5 rings (SSSR count). The molecule has 2 N–H and O–H groups in total. The van der Waals surface area contributed by atoms with Crippen LogP contribution in [0.3, 0.4) is 0 Å². The van der Waals surface area contributed by atoms with Crippen LogP contribution in [0.5, 0.6) is 11.5 Å². The van der Waals surface area contributed by atoms with Crippen molar-refractivity contribution in [2.45, 2.75) is 0 Å². The number of ether oxygens (including phenoxy) is 1. The maximum Gasteiger partial charge on any atom is 0.346 e. The van der Waals surface area contributed by atoms with Gasteiger partial charge in [0.05, 0.1) is 0 Å². The third kappa shape index (κ3) is 4.98. The number of hydrogen-bond acceptors (Lipinski definition) is 6. The lowest BCUT2D eigenvalue weighted by molar-refractivity contribution is 0.1000. The number of amides is 2. The number of rotatable bonds is 5. The molecule has 176 valence electrons. The molecule has 35 heavy (non-hydrogen) atoms. The third-order valence-corrected chi connectivity index (χ3v) is 5.85. The Kier molecular flexibility index (Phi) is 6.13. The fourth-order valence-corrected chi connectivity index (χ4v) is 3.92. The van der Waals surface area contributed by atoms with Crippen LogP contribution in [-0.4, -0.2) is 57.8 Å². The molecule has 9 heteroatoms. The van der Waals surface area contributed by atoms with Crippen LogP contribution in [0.1, 0.15) is 10.4 Å². The normalized spacial score (nSPS) is 13.5. The lowest BCUT2D eigenvalue weighted by atomic mass is 10.2. The number of carbonyl (C=O) groups is 2. The monoisotopic (exact) mass is 468 g/mol. The second-order valence-corrected chi connectivity index (χ2v) is 8.12. The van der Waals surface area contributed by atoms with Crippen LogP contribution in [0.25, 0.3) is 11.4 Å². The summed E-state index contributed by atoms with van der Waals surface area (Å²) in [6.45, 7) is 2.78. The molecular formula is C26H24N6O3. The van der Waals surface area contributed by atoms with Crippen molar-refractivity contribution in [1.29, 1.82) is 0 Å². The minimum absolute atomic E-state index is 0.184. The summed E-state index contributed by atoms with van der Waals surface area (Å²) in [4.78, 5) is 32.5. The van der Waals surface area contributed by atoms with E-state index in [1.54, 1.807) is 41.3 Å². The van der Waals surface area contributed by atoms with Crippen molar-refractivity contribution in [2.75, 3.05) is 31.1 Å². The molecule has 3 aromatic carbocycles. The van der Waals surface area contributed by atoms with Crippen molar-refractivity contribution in [3.05, 3.63) is 90.8 Å². The molecule has 9 nitrogen and oxygen atoms in total. The van der Waals surface area contributed by atoms with Gasteiger partial charge in [0.15, 0.2) is 5.82 Å². The van der Waals surface area contributed by atoms with Gasteiger partial charge in [0, 0.05) is 43.0 Å². The van der Waals surface area contributed by atoms with Gasteiger partial charge in [0.25, 0.3) is 0 Å². The first-order valence-corrected chi connectivity index (χ1v) is 11.3. The minimum atomic E-state index is -0.485. The Morgan fingerprint density at radius 1 is 0.800 bits per heavy atom. The highest BCUT2D eigenvalue weighted by Crippen LogP contribution is 2.25. The molecule has 0 aliphatic carbocycles. The molecule has 1 aliphatic rings. The van der Waals surface area contributed by atoms with Gasteiger partial charge < -0.3 is 20.3 Å². The largest absolute Gasteiger partial charge is 0.457 e. The van der Waals surface area contributed by atoms with Crippen molar-refractivity contribution in [1.82, 2.24) is 19.7 Å². The number of hydrogen-bond donors (Lipinski definition) is 1. The fourth-order valence-electron chi connectivity index (χ4n) is 3.92. The van der Waals surface area contributed by atoms with Gasteiger partial charge in [-0.05, 0) is 60.7 Å². The molecule has 0 unspecified atom stereocenters. The highest BCUT2D eigenvalue weighted by molar-refractivity contribution is 5.92. The predicted molar refractivity (Wildman–Crippen MR) is 132 cm³/mol. The van der Waals surface area contributed by atoms with Gasteiger partial charge in [0.1, 0.15) is 17.8 Å². The van der Waals surface area contributed by atoms with Gasteiger partial charge in [0.2, 0.25) is 5.91 Å². The molecule has 1 aliphatic heterocycles. The number of carbonyl (C=O) groups excluding carboxylic acids is 2. The van der Waals surface area contributed by atoms with Crippen LogP contribution >= 0.6 is 0 Å². The van der Waals surface area contributed by atoms with Crippen LogP contribution in [0.4, 0.5) is 10.5 Å². The van der Waals surface area contributed by atoms with E-state index in [1.807, 2.05) is 30.3 Å². The first-order chi connectivity index (χ1) is 17.1. The highest BCUT2D eigenvalue weighted by Gasteiger charge is 2.23. The van der Waals surface area contributed by atoms with Crippen LogP contribution in [0.2, 0.25) is 0 Å². The third-order valence-electron chi connectivity index (χ3n) is 5.85. The first-order valence-electron chi connectivity index (χ1n) is 11.3. The van der Waals surface area contributed by atoms with Crippen LogP contribution in [0, 0.1) is 0 Å². The number of aromatic nitrogens is 3. The zero-order chi connectivity index (χ0) is 24.2. The quantitative estimate of drug-likeness (QED) is 0.479. The summed E-state index contributed by atoms with van der Waals surface area (Å²) < 4.78 is 7.09. The number of anilines is 1. The molecule has 4 aromatic rings. The van der Waals surface area contributed by atoms with Crippen molar-refractivity contribution >= 4 is 17.6 Å². The summed E-state index contributed by atoms with van der Waals surface area (Å²) >= 11 is 0. The summed E-state index contributed by atoms with van der Waals surface area (Å²) in [7, 11) is 0. The van der Waals surface area contributed by atoms with E-state index in [9.17, 15) is 9.59 Å². The lowest BCUT2D eigenvalue weighted by Gasteiger charge is -2.35. The topological polar surface area (TPSA) is 107 Å². The van der Waals surface area contributed by atoms with E-state index in [4.69, 9.17) is 10.5 Å². The van der Waals surface area contributed by atoms with E-state index in [1.165, 1.54) is 11.0 Å². The van der Waals surface area contributed by atoms with E-state index in [0.717, 1.165) is 24.3 Å². The summed E-state index contributed by atoms with van der Waals surface area (Å²) in [6.07, 6.45) is 1.45. The van der Waals surface area contributed by atoms with Crippen molar-refractivity contribution in [2.24, 2.45) is 5.73 Å². The van der Waals surface area contributed by atoms with Gasteiger partial charge in [-0.3, -0.25) is 4.79 Å². The Hall–Kier alpha value is -4.66. The molecule has 0 atom stereocenters. The summed E-state index contributed by atoms with van der Waals surface area (Å²) in [5.74, 6) is 1.18. The van der Waals surface area contributed by atoms with Crippen molar-refractivity contribution < 1.29 is 14.3 Å². The molecule has 0 spiro atoms. The van der Waals surface area contributed by atoms with Gasteiger partial charge in [-0.2, -0.15) is 4.68 Å². The Balaban J connectivity index is 1.20. The number of benzene rings is 3. The first kappa shape index (κ1) is 22.1. The molecule has 0 saturated carbocycles. The fraction of sp³-hybridized carbons (Fsp3) is 0.154. The summed E-state index contributed by atoms with van der Waals surface area (Å²) in [5.41, 5.74) is 7.61. The zero-order valence-corrected chi connectivity index (χ0v) is 18.9. The van der Waals surface area contributed by atoms with Gasteiger partial charge in [-0.15, -0.1) is 5.10 Å². The Bertz CT molecular complexity index is 1310. The average Bonchev–Trinajstić information content (AvgIpc) is 3.40. The maximum absolute atomic E-state index is 12.9. The number of nitrogens with two attached hydrogens (primary N) is 1. The summed E-state index contributed by atoms with van der Waals surface area (Å²) in [6, 6.07) is 23.8. The average molecular weight is 469 g/mol. The minimum Gasteiger partial charge on any atom is -0.457 e. The van der Waals surface area contributed by atoms with Crippen LogP contribution in [-0.2, 0) is 0 Å². The molecule has 1 saturated heterocycles. The molecular weight excluding hydrogens is 444 g/mol. The van der Waals surface area contributed by atoms with E-state index in [2.05, 4.69) is 27.1 Å². The second kappa shape index (κ2) is 9.68. The van der Waals surface area contributed by atoms with Crippen molar-refractivity contribution in [3.63, 3.8) is 0 Å². The molecule has 0 bridgehead atoms. The van der Waals surface area contributed by atoms with E-state index < -0.39 is 5.91 Å². The van der Waals surface area contributed by atoms with Crippen LogP contribution < -0.4 is 15.4 Å². The maximum atomic E-state index is 12.9. The number of nitrogens with zero attached hydrogens (tertiary/aromatic N) is 5. The Morgan fingerprint density at radius 2 is 1.43 bits per heavy atom. The SMILES string of the molecule is NC(=O)c1ccc(Oc2ccc(-c3ncn(C(=O)N4CCN(c5ccccc5)CC4)n3)cc2)cc1. The molecule has 1 aromatic heterocycles. The highest BCUT2D eigenvalue weighted by atomic mass is 16.5. The Labute approximate surface area is 202 Å². The number of para-hydroxylation sites is 1. The zero-order valence-electron chi connectivity index (χ0n) is 18.9. The predicted octanol–water partition coefficient (Wildman–Crippen LogP) is 3.63. The molecule has 2 heterocycles. The number of primary amides is 1. The smallest absolute Gasteiger partial charge is 0.346 e.